The van der Waals surface area contributed by atoms with Crippen LogP contribution in [0.1, 0.15) is 46.5 Å². The zero-order valence-electron chi connectivity index (χ0n) is 14.0. The van der Waals surface area contributed by atoms with Crippen LogP contribution < -0.4 is 5.32 Å². The van der Waals surface area contributed by atoms with E-state index >= 15 is 0 Å². The van der Waals surface area contributed by atoms with Crippen LogP contribution >= 0.6 is 11.6 Å². The van der Waals surface area contributed by atoms with Gasteiger partial charge in [0.2, 0.25) is 5.91 Å². The highest BCUT2D eigenvalue weighted by atomic mass is 35.5. The van der Waals surface area contributed by atoms with Gasteiger partial charge in [0.15, 0.2) is 0 Å². The summed E-state index contributed by atoms with van der Waals surface area (Å²) < 4.78 is 5.36. The largest absolute Gasteiger partial charge is 0.444 e. The number of ether oxygens (including phenoxy) is 1. The number of allylic oxidation sites excluding steroid dienone is 4. The normalized spacial score (nSPS) is 19.7. The second-order valence-corrected chi connectivity index (χ2v) is 7.52. The van der Waals surface area contributed by atoms with Crippen LogP contribution in [0, 0.1) is 5.92 Å². The monoisotopic (exact) mass is 340 g/mol. The van der Waals surface area contributed by atoms with E-state index in [9.17, 15) is 9.59 Å². The van der Waals surface area contributed by atoms with Crippen molar-refractivity contribution >= 4 is 23.6 Å². The Hall–Kier alpha value is -1.49. The van der Waals surface area contributed by atoms with Gasteiger partial charge in [0, 0.05) is 29.7 Å². The summed E-state index contributed by atoms with van der Waals surface area (Å²) in [5.74, 6) is -0.0255. The van der Waals surface area contributed by atoms with Gasteiger partial charge in [0.25, 0.3) is 0 Å². The van der Waals surface area contributed by atoms with E-state index in [0.29, 0.717) is 25.9 Å². The minimum absolute atomic E-state index is 0.0338. The third-order valence-electron chi connectivity index (χ3n) is 3.90. The van der Waals surface area contributed by atoms with E-state index in [4.69, 9.17) is 16.3 Å². The molecule has 1 N–H and O–H groups in total. The third-order valence-corrected chi connectivity index (χ3v) is 4.21. The van der Waals surface area contributed by atoms with Gasteiger partial charge in [0.05, 0.1) is 0 Å². The first-order chi connectivity index (χ1) is 10.7. The molecular weight excluding hydrogens is 316 g/mol. The molecule has 0 spiro atoms. The van der Waals surface area contributed by atoms with Gasteiger partial charge in [-0.05, 0) is 58.6 Å². The van der Waals surface area contributed by atoms with E-state index in [2.05, 4.69) is 5.32 Å². The van der Waals surface area contributed by atoms with Crippen molar-refractivity contribution < 1.29 is 14.3 Å². The van der Waals surface area contributed by atoms with E-state index in [1.54, 1.807) is 4.90 Å². The molecule has 0 aromatic rings. The summed E-state index contributed by atoms with van der Waals surface area (Å²) in [6, 6.07) is 0. The first kappa shape index (κ1) is 17.9. The Morgan fingerprint density at radius 3 is 2.39 bits per heavy atom. The quantitative estimate of drug-likeness (QED) is 0.836. The molecule has 2 amide bonds. The Labute approximate surface area is 142 Å². The highest BCUT2D eigenvalue weighted by Gasteiger charge is 2.30. The summed E-state index contributed by atoms with van der Waals surface area (Å²) in [6.45, 7) is 6.66. The van der Waals surface area contributed by atoms with Gasteiger partial charge in [0.1, 0.15) is 5.60 Å². The first-order valence-corrected chi connectivity index (χ1v) is 8.46. The van der Waals surface area contributed by atoms with Gasteiger partial charge in [-0.15, -0.1) is 0 Å². The van der Waals surface area contributed by atoms with Crippen molar-refractivity contribution in [1.29, 1.82) is 0 Å². The van der Waals surface area contributed by atoms with E-state index < -0.39 is 5.60 Å². The van der Waals surface area contributed by atoms with E-state index in [0.717, 1.165) is 23.6 Å². The SMILES string of the molecule is CC(C)(C)OC(=O)N1CCC(C(=O)NC2=CC=C(Cl)CC2)CC1. The van der Waals surface area contributed by atoms with Crippen molar-refractivity contribution in [3.8, 4) is 0 Å². The van der Waals surface area contributed by atoms with Crippen molar-refractivity contribution in [2.45, 2.75) is 52.1 Å². The van der Waals surface area contributed by atoms with Crippen molar-refractivity contribution in [1.82, 2.24) is 10.2 Å². The lowest BCUT2D eigenvalue weighted by Gasteiger charge is -2.33. The number of piperidine rings is 1. The van der Waals surface area contributed by atoms with E-state index in [1.807, 2.05) is 32.9 Å². The number of likely N-dealkylation sites (tertiary alicyclic amines) is 1. The van der Waals surface area contributed by atoms with E-state index in [1.165, 1.54) is 0 Å². The topological polar surface area (TPSA) is 58.6 Å². The Balaban J connectivity index is 1.80. The Bertz CT molecular complexity index is 526. The van der Waals surface area contributed by atoms with Crippen molar-refractivity contribution in [2.24, 2.45) is 5.92 Å². The predicted octanol–water partition coefficient (Wildman–Crippen LogP) is 3.55. The number of carbonyl (C=O) groups is 2. The Kier molecular flexibility index (Phi) is 5.74. The maximum Gasteiger partial charge on any atom is 0.410 e. The van der Waals surface area contributed by atoms with Crippen LogP contribution in [-0.4, -0.2) is 35.6 Å². The molecule has 0 saturated carbocycles. The molecule has 1 aliphatic carbocycles. The number of carbonyl (C=O) groups excluding carboxylic acids is 2. The highest BCUT2D eigenvalue weighted by molar-refractivity contribution is 6.29. The van der Waals surface area contributed by atoms with Crippen LogP contribution in [0.3, 0.4) is 0 Å². The fourth-order valence-corrected chi connectivity index (χ4v) is 2.78. The summed E-state index contributed by atoms with van der Waals surface area (Å²) in [6.07, 6.45) is 6.24. The standard InChI is InChI=1S/C17H25ClN2O3/c1-17(2,3)23-16(22)20-10-8-12(9-11-20)15(21)19-14-6-4-13(18)5-7-14/h4,6,12H,5,7-11H2,1-3H3,(H,19,21). The second-order valence-electron chi connectivity index (χ2n) is 7.04. The lowest BCUT2D eigenvalue weighted by molar-refractivity contribution is -0.125. The van der Waals surface area contributed by atoms with Crippen LogP contribution in [0.5, 0.6) is 0 Å². The molecule has 0 bridgehead atoms. The second kappa shape index (κ2) is 7.39. The molecule has 1 saturated heterocycles. The molecule has 6 heteroatoms. The average Bonchev–Trinajstić information content (AvgIpc) is 2.48. The number of hydrogen-bond donors (Lipinski definition) is 1. The first-order valence-electron chi connectivity index (χ1n) is 8.08. The van der Waals surface area contributed by atoms with Crippen molar-refractivity contribution in [3.05, 3.63) is 22.9 Å². The van der Waals surface area contributed by atoms with Gasteiger partial charge < -0.3 is 15.0 Å². The molecular formula is C17H25ClN2O3. The molecule has 0 radical (unpaired) electrons. The van der Waals surface area contributed by atoms with Gasteiger partial charge in [-0.2, -0.15) is 0 Å². The molecule has 1 aliphatic heterocycles. The molecule has 1 fully saturated rings. The molecule has 0 atom stereocenters. The molecule has 128 valence electrons. The third kappa shape index (κ3) is 5.57. The Morgan fingerprint density at radius 1 is 1.22 bits per heavy atom. The molecule has 0 unspecified atom stereocenters. The highest BCUT2D eigenvalue weighted by Crippen LogP contribution is 2.22. The predicted molar refractivity (Wildman–Crippen MR) is 89.9 cm³/mol. The number of rotatable bonds is 2. The zero-order valence-corrected chi connectivity index (χ0v) is 14.8. The van der Waals surface area contributed by atoms with Crippen molar-refractivity contribution in [2.75, 3.05) is 13.1 Å². The van der Waals surface area contributed by atoms with E-state index in [-0.39, 0.29) is 17.9 Å². The number of nitrogens with zero attached hydrogens (tertiary/aromatic N) is 1. The van der Waals surface area contributed by atoms with Crippen LogP contribution in [0.4, 0.5) is 4.79 Å². The number of hydrogen-bond acceptors (Lipinski definition) is 3. The summed E-state index contributed by atoms with van der Waals surface area (Å²) in [5, 5.41) is 3.79. The summed E-state index contributed by atoms with van der Waals surface area (Å²) >= 11 is 5.91. The minimum atomic E-state index is -0.493. The maximum atomic E-state index is 12.3. The Morgan fingerprint density at radius 2 is 1.87 bits per heavy atom. The summed E-state index contributed by atoms with van der Waals surface area (Å²) in [4.78, 5) is 26.0. The lowest BCUT2D eigenvalue weighted by Crippen LogP contribution is -2.44. The van der Waals surface area contributed by atoms with Crippen LogP contribution in [0.2, 0.25) is 0 Å². The lowest BCUT2D eigenvalue weighted by atomic mass is 9.95. The van der Waals surface area contributed by atoms with Gasteiger partial charge in [-0.1, -0.05) is 11.6 Å². The van der Waals surface area contributed by atoms with Gasteiger partial charge in [-0.25, -0.2) is 4.79 Å². The minimum Gasteiger partial charge on any atom is -0.444 e. The fourth-order valence-electron chi connectivity index (χ4n) is 2.63. The summed E-state index contributed by atoms with van der Waals surface area (Å²) in [5.41, 5.74) is 0.419. The van der Waals surface area contributed by atoms with Crippen LogP contribution in [-0.2, 0) is 9.53 Å². The molecule has 23 heavy (non-hydrogen) atoms. The number of nitrogens with one attached hydrogen (secondary N) is 1. The maximum absolute atomic E-state index is 12.3. The molecule has 2 aliphatic rings. The summed E-state index contributed by atoms with van der Waals surface area (Å²) in [7, 11) is 0. The molecule has 2 rings (SSSR count). The molecule has 0 aromatic heterocycles. The van der Waals surface area contributed by atoms with Crippen LogP contribution in [0.15, 0.2) is 22.9 Å². The number of amides is 2. The molecule has 5 nitrogen and oxygen atoms in total. The number of halogens is 1. The van der Waals surface area contributed by atoms with Crippen LogP contribution in [0.25, 0.3) is 0 Å². The average molecular weight is 341 g/mol. The van der Waals surface area contributed by atoms with Gasteiger partial charge >= 0.3 is 6.09 Å². The van der Waals surface area contributed by atoms with Gasteiger partial charge in [-0.3, -0.25) is 4.79 Å². The zero-order chi connectivity index (χ0) is 17.0. The molecule has 0 aromatic carbocycles. The van der Waals surface area contributed by atoms with Crippen molar-refractivity contribution in [3.63, 3.8) is 0 Å². The smallest absolute Gasteiger partial charge is 0.410 e. The molecule has 1 heterocycles. The fraction of sp³-hybridized carbons (Fsp3) is 0.647.